The molecule has 1 radical (unpaired) electrons. The molecule has 0 aliphatic heterocycles. The largest absolute Gasteiger partial charge is 0.0885 e. The normalized spacial score (nSPS) is 11.9. The Morgan fingerprint density at radius 2 is 0.426 bits per heavy atom. The number of unbranched alkanes of at least 4 members (excludes halogenated alkanes) is 34. The zero-order valence-electron chi connectivity index (χ0n) is 33.6. The molecule has 0 N–H and O–H groups in total. The second-order valence-electron chi connectivity index (χ2n) is 15.7. The Bertz CT molecular complexity index is 546. The van der Waals surface area contributed by atoms with E-state index in [0.29, 0.717) is 0 Å². The molecule has 0 aliphatic carbocycles. The Balaban J connectivity index is 3.92. The maximum atomic E-state index is 2.47. The van der Waals surface area contributed by atoms with Crippen LogP contribution in [0.25, 0.3) is 0 Å². The fourth-order valence-corrected chi connectivity index (χ4v) is 7.43. The van der Waals surface area contributed by atoms with Crippen LogP contribution in [0.1, 0.15) is 284 Å². The molecule has 0 heteroatoms. The Kier molecular flexibility index (Phi) is 43.5. The quantitative estimate of drug-likeness (QED) is 0.0453. The molecule has 0 bridgehead atoms. The lowest BCUT2D eigenvalue weighted by atomic mass is 9.89. The molecule has 0 amide bonds. The van der Waals surface area contributed by atoms with E-state index in [0.717, 1.165) is 0 Å². The predicted octanol–water partition coefficient (Wildman–Crippen LogP) is 18.2. The summed E-state index contributed by atoms with van der Waals surface area (Å²) in [6.07, 6.45) is 64.3. The van der Waals surface area contributed by atoms with Crippen LogP contribution >= 0.6 is 0 Å². The van der Waals surface area contributed by atoms with Gasteiger partial charge in [-0.3, -0.25) is 0 Å². The first-order chi connectivity index (χ1) is 23.3. The highest BCUT2D eigenvalue weighted by atomic mass is 14.1. The predicted molar refractivity (Wildman–Crippen MR) is 219 cm³/mol. The first-order valence-electron chi connectivity index (χ1n) is 22.8. The molecule has 0 rings (SSSR count). The smallest absolute Gasteiger partial charge is 0.0241 e. The lowest BCUT2D eigenvalue weighted by Gasteiger charge is -2.16. The van der Waals surface area contributed by atoms with Crippen molar-refractivity contribution >= 4 is 0 Å². The summed E-state index contributed by atoms with van der Waals surface area (Å²) in [4.78, 5) is 0. The molecular weight excluding hydrogens is 565 g/mol. The van der Waals surface area contributed by atoms with Crippen molar-refractivity contribution < 1.29 is 0 Å². The third kappa shape index (κ3) is 41.8. The van der Waals surface area contributed by atoms with Gasteiger partial charge in [-0.15, -0.1) is 0 Å². The van der Waals surface area contributed by atoms with Gasteiger partial charge in [0.05, 0.1) is 0 Å². The van der Waals surface area contributed by atoms with Gasteiger partial charge in [0.25, 0.3) is 0 Å². The summed E-state index contributed by atoms with van der Waals surface area (Å²) in [6, 6.07) is 0. The number of hydrogen-bond acceptors (Lipinski definition) is 0. The molecule has 47 heavy (non-hydrogen) atoms. The van der Waals surface area contributed by atoms with Gasteiger partial charge >= 0.3 is 0 Å². The monoisotopic (exact) mass is 658 g/mol. The van der Waals surface area contributed by atoms with Crippen molar-refractivity contribution in [2.75, 3.05) is 0 Å². The van der Waals surface area contributed by atoms with Crippen LogP contribution in [0.3, 0.4) is 0 Å². The van der Waals surface area contributed by atoms with Crippen molar-refractivity contribution in [2.45, 2.75) is 284 Å². The van der Waals surface area contributed by atoms with Crippen LogP contribution in [0.5, 0.6) is 0 Å². The summed E-state index contributed by atoms with van der Waals surface area (Å²) in [5, 5.41) is 0. The molecule has 0 atom stereocenters. The van der Waals surface area contributed by atoms with Gasteiger partial charge in [0.2, 0.25) is 0 Å². The van der Waals surface area contributed by atoms with Crippen molar-refractivity contribution in [3.8, 4) is 0 Å². The van der Waals surface area contributed by atoms with E-state index in [1.165, 1.54) is 263 Å². The fraction of sp³-hybridized carbons (Fsp3) is 0.936. The van der Waals surface area contributed by atoms with Crippen LogP contribution < -0.4 is 0 Å². The van der Waals surface area contributed by atoms with Crippen LogP contribution in [-0.4, -0.2) is 0 Å². The Morgan fingerprint density at radius 1 is 0.234 bits per heavy atom. The summed E-state index contributed by atoms with van der Waals surface area (Å²) < 4.78 is 0. The van der Waals surface area contributed by atoms with E-state index >= 15 is 0 Å². The minimum absolute atomic E-state index is 1.31. The van der Waals surface area contributed by atoms with Crippen LogP contribution in [-0.2, 0) is 0 Å². The summed E-state index contributed by atoms with van der Waals surface area (Å²) in [5.41, 5.74) is 0. The lowest BCUT2D eigenvalue weighted by Crippen LogP contribution is -1.99. The molecule has 0 nitrogen and oxygen atoms in total. The maximum Gasteiger partial charge on any atom is -0.0241 e. The number of allylic oxidation sites excluding steroid dienone is 2. The maximum absolute atomic E-state index is 2.47. The average molecular weight is 658 g/mol. The molecule has 0 aromatic rings. The molecule has 0 unspecified atom stereocenters. The molecule has 281 valence electrons. The van der Waals surface area contributed by atoms with Gasteiger partial charge in [-0.1, -0.05) is 251 Å². The molecule has 0 saturated carbocycles. The van der Waals surface area contributed by atoms with Gasteiger partial charge in [-0.05, 0) is 50.9 Å². The second kappa shape index (κ2) is 43.8. The molecule has 0 saturated heterocycles. The molecule has 0 fully saturated rings. The van der Waals surface area contributed by atoms with Crippen LogP contribution in [0, 0.1) is 5.92 Å². The highest BCUT2D eigenvalue weighted by Crippen LogP contribution is 2.27. The van der Waals surface area contributed by atoms with Gasteiger partial charge < -0.3 is 0 Å². The number of rotatable bonds is 42. The van der Waals surface area contributed by atoms with E-state index in [2.05, 4.69) is 32.9 Å². The standard InChI is InChI=1S/C47H93/c1-4-7-10-13-16-19-22-24-26-27-29-31-34-37-40-43-46-47(44-41-38-35-32-21-18-15-12-9-6-3)45-42-39-36-33-30-28-25-23-20-17-14-11-8-5-2/h24,26H,4-23,25,27-46H2,1-3H3/b26-24-. The van der Waals surface area contributed by atoms with Gasteiger partial charge in [0.1, 0.15) is 0 Å². The fourth-order valence-electron chi connectivity index (χ4n) is 7.43. The van der Waals surface area contributed by atoms with E-state index in [-0.39, 0.29) is 0 Å². The molecule has 0 heterocycles. The number of hydrogen-bond donors (Lipinski definition) is 0. The van der Waals surface area contributed by atoms with E-state index in [1.54, 1.807) is 0 Å². The summed E-state index contributed by atoms with van der Waals surface area (Å²) in [6.45, 7) is 6.95. The van der Waals surface area contributed by atoms with Crippen LogP contribution in [0.4, 0.5) is 0 Å². The third-order valence-electron chi connectivity index (χ3n) is 10.8. The SMILES string of the molecule is CCCCCCCC/C=C\CCCCCCCC[C](CCCCCCCCCCCC)CCCCCCCCCCCCCCCC. The van der Waals surface area contributed by atoms with Crippen LogP contribution in [0.15, 0.2) is 12.2 Å². The zero-order chi connectivity index (χ0) is 34.0. The molecule has 0 aromatic carbocycles. The Morgan fingerprint density at radius 3 is 0.660 bits per heavy atom. The molecular formula is C47H93. The van der Waals surface area contributed by atoms with E-state index in [9.17, 15) is 0 Å². The van der Waals surface area contributed by atoms with Gasteiger partial charge in [-0.2, -0.15) is 0 Å². The van der Waals surface area contributed by atoms with E-state index < -0.39 is 0 Å². The zero-order valence-corrected chi connectivity index (χ0v) is 33.6. The third-order valence-corrected chi connectivity index (χ3v) is 10.8. The molecule has 0 aromatic heterocycles. The Hall–Kier alpha value is -0.260. The summed E-state index contributed by atoms with van der Waals surface area (Å²) >= 11 is 0. The van der Waals surface area contributed by atoms with Gasteiger partial charge in [-0.25, -0.2) is 0 Å². The van der Waals surface area contributed by atoms with Crippen molar-refractivity contribution in [3.63, 3.8) is 0 Å². The van der Waals surface area contributed by atoms with Crippen molar-refractivity contribution in [1.29, 1.82) is 0 Å². The lowest BCUT2D eigenvalue weighted by molar-refractivity contribution is 0.502. The van der Waals surface area contributed by atoms with Gasteiger partial charge in [0, 0.05) is 0 Å². The first-order valence-corrected chi connectivity index (χ1v) is 22.8. The summed E-state index contributed by atoms with van der Waals surface area (Å²) in [7, 11) is 0. The van der Waals surface area contributed by atoms with E-state index in [4.69, 9.17) is 0 Å². The van der Waals surface area contributed by atoms with Gasteiger partial charge in [0.15, 0.2) is 0 Å². The minimum Gasteiger partial charge on any atom is -0.0885 e. The molecule has 0 spiro atoms. The molecule has 0 aliphatic rings. The first kappa shape index (κ1) is 46.7. The second-order valence-corrected chi connectivity index (χ2v) is 15.7. The minimum atomic E-state index is 1.31. The topological polar surface area (TPSA) is 0 Å². The van der Waals surface area contributed by atoms with Crippen molar-refractivity contribution in [2.24, 2.45) is 0 Å². The highest BCUT2D eigenvalue weighted by Gasteiger charge is 2.09. The van der Waals surface area contributed by atoms with E-state index in [1.807, 2.05) is 5.92 Å². The van der Waals surface area contributed by atoms with Crippen LogP contribution in [0.2, 0.25) is 0 Å². The summed E-state index contributed by atoms with van der Waals surface area (Å²) in [5.74, 6) is 1.94. The van der Waals surface area contributed by atoms with Crippen molar-refractivity contribution in [1.82, 2.24) is 0 Å². The van der Waals surface area contributed by atoms with Crippen molar-refractivity contribution in [3.05, 3.63) is 18.1 Å². The average Bonchev–Trinajstić information content (AvgIpc) is 3.08. The highest BCUT2D eigenvalue weighted by molar-refractivity contribution is 4.89. The Labute approximate surface area is 301 Å².